The standard InChI is InChI=1S/C14H19N3O3/c1-9-2-3-11(8-12(9)13(18)19)16-14(20)17-6-4-10(15)5-7-17/h2-3,8,10H,4-7,15H2,1H3,(H,16,20)(H,18,19). The molecule has 0 aromatic heterocycles. The number of urea groups is 1. The molecule has 0 spiro atoms. The number of benzene rings is 1. The van der Waals surface area contributed by atoms with Gasteiger partial charge in [0.1, 0.15) is 0 Å². The first kappa shape index (κ1) is 14.3. The molecule has 2 rings (SSSR count). The highest BCUT2D eigenvalue weighted by molar-refractivity contribution is 5.94. The fourth-order valence-corrected chi connectivity index (χ4v) is 2.24. The lowest BCUT2D eigenvalue weighted by Crippen LogP contribution is -2.44. The molecule has 0 saturated carbocycles. The third-order valence-corrected chi connectivity index (χ3v) is 3.55. The fourth-order valence-electron chi connectivity index (χ4n) is 2.24. The second-order valence-corrected chi connectivity index (χ2v) is 5.09. The highest BCUT2D eigenvalue weighted by Gasteiger charge is 2.20. The van der Waals surface area contributed by atoms with E-state index in [1.165, 1.54) is 6.07 Å². The Hall–Kier alpha value is -2.08. The molecule has 0 bridgehead atoms. The summed E-state index contributed by atoms with van der Waals surface area (Å²) in [6, 6.07) is 4.82. The Morgan fingerprint density at radius 3 is 2.60 bits per heavy atom. The molecule has 1 aromatic carbocycles. The van der Waals surface area contributed by atoms with Crippen molar-refractivity contribution in [3.63, 3.8) is 0 Å². The fraction of sp³-hybridized carbons (Fsp3) is 0.429. The van der Waals surface area contributed by atoms with Gasteiger partial charge in [-0.25, -0.2) is 9.59 Å². The highest BCUT2D eigenvalue weighted by atomic mass is 16.4. The number of aryl methyl sites for hydroxylation is 1. The summed E-state index contributed by atoms with van der Waals surface area (Å²) in [5, 5.41) is 11.8. The van der Waals surface area contributed by atoms with E-state index in [-0.39, 0.29) is 17.6 Å². The Bertz CT molecular complexity index is 522. The van der Waals surface area contributed by atoms with Crippen LogP contribution in [0.4, 0.5) is 10.5 Å². The van der Waals surface area contributed by atoms with Crippen LogP contribution in [-0.2, 0) is 0 Å². The molecule has 6 nitrogen and oxygen atoms in total. The van der Waals surface area contributed by atoms with Gasteiger partial charge in [0.05, 0.1) is 5.56 Å². The van der Waals surface area contributed by atoms with Crippen molar-refractivity contribution in [2.24, 2.45) is 5.73 Å². The van der Waals surface area contributed by atoms with Crippen LogP contribution in [0.5, 0.6) is 0 Å². The Morgan fingerprint density at radius 2 is 2.00 bits per heavy atom. The van der Waals surface area contributed by atoms with Gasteiger partial charge in [-0.05, 0) is 37.5 Å². The molecule has 1 aliphatic heterocycles. The van der Waals surface area contributed by atoms with E-state index in [1.807, 2.05) is 0 Å². The molecule has 1 aromatic rings. The number of nitrogens with one attached hydrogen (secondary N) is 1. The van der Waals surface area contributed by atoms with Crippen LogP contribution in [0.2, 0.25) is 0 Å². The number of rotatable bonds is 2. The Labute approximate surface area is 117 Å². The van der Waals surface area contributed by atoms with Gasteiger partial charge in [-0.15, -0.1) is 0 Å². The number of aromatic carboxylic acids is 1. The number of hydrogen-bond acceptors (Lipinski definition) is 3. The van der Waals surface area contributed by atoms with E-state index in [4.69, 9.17) is 10.8 Å². The van der Waals surface area contributed by atoms with Gasteiger partial charge in [0.2, 0.25) is 0 Å². The van der Waals surface area contributed by atoms with Crippen molar-refractivity contribution < 1.29 is 14.7 Å². The molecule has 0 unspecified atom stereocenters. The van der Waals surface area contributed by atoms with Crippen molar-refractivity contribution >= 4 is 17.7 Å². The van der Waals surface area contributed by atoms with Crippen LogP contribution in [0.15, 0.2) is 18.2 Å². The van der Waals surface area contributed by atoms with Gasteiger partial charge in [0, 0.05) is 24.8 Å². The molecule has 1 aliphatic rings. The van der Waals surface area contributed by atoms with E-state index in [2.05, 4.69) is 5.32 Å². The zero-order valence-corrected chi connectivity index (χ0v) is 11.4. The number of amides is 2. The van der Waals surface area contributed by atoms with Crippen molar-refractivity contribution in [1.82, 2.24) is 4.90 Å². The number of hydrogen-bond donors (Lipinski definition) is 3. The molecule has 4 N–H and O–H groups in total. The van der Waals surface area contributed by atoms with E-state index in [0.29, 0.717) is 24.3 Å². The van der Waals surface area contributed by atoms with Crippen LogP contribution in [0, 0.1) is 6.92 Å². The van der Waals surface area contributed by atoms with E-state index in [9.17, 15) is 9.59 Å². The lowest BCUT2D eigenvalue weighted by molar-refractivity contribution is 0.0696. The number of nitrogens with zero attached hydrogens (tertiary/aromatic N) is 1. The van der Waals surface area contributed by atoms with Crippen molar-refractivity contribution in [1.29, 1.82) is 0 Å². The lowest BCUT2D eigenvalue weighted by atomic mass is 10.1. The minimum atomic E-state index is -0.998. The largest absolute Gasteiger partial charge is 0.478 e. The number of piperidine rings is 1. The Morgan fingerprint density at radius 1 is 1.35 bits per heavy atom. The molecule has 0 atom stereocenters. The quantitative estimate of drug-likeness (QED) is 0.765. The molecule has 1 fully saturated rings. The molecular formula is C14H19N3O3. The van der Waals surface area contributed by atoms with Gasteiger partial charge in [-0.1, -0.05) is 6.07 Å². The van der Waals surface area contributed by atoms with Crippen LogP contribution in [0.1, 0.15) is 28.8 Å². The molecule has 1 heterocycles. The summed E-state index contributed by atoms with van der Waals surface area (Å²) in [5.74, 6) is -0.998. The number of carbonyl (C=O) groups is 2. The van der Waals surface area contributed by atoms with E-state index in [1.54, 1.807) is 24.0 Å². The van der Waals surface area contributed by atoms with Gasteiger partial charge in [-0.2, -0.15) is 0 Å². The Kier molecular flexibility index (Phi) is 4.24. The number of nitrogens with two attached hydrogens (primary N) is 1. The molecule has 6 heteroatoms. The van der Waals surface area contributed by atoms with Crippen molar-refractivity contribution in [3.05, 3.63) is 29.3 Å². The minimum Gasteiger partial charge on any atom is -0.478 e. The molecular weight excluding hydrogens is 258 g/mol. The van der Waals surface area contributed by atoms with Crippen LogP contribution in [-0.4, -0.2) is 41.1 Å². The van der Waals surface area contributed by atoms with Gasteiger partial charge in [-0.3, -0.25) is 0 Å². The summed E-state index contributed by atoms with van der Waals surface area (Å²) in [5.41, 5.74) is 7.15. The van der Waals surface area contributed by atoms with Crippen LogP contribution in [0.3, 0.4) is 0 Å². The van der Waals surface area contributed by atoms with Gasteiger partial charge >= 0.3 is 12.0 Å². The normalized spacial score (nSPS) is 16.0. The van der Waals surface area contributed by atoms with Crippen molar-refractivity contribution in [2.45, 2.75) is 25.8 Å². The summed E-state index contributed by atoms with van der Waals surface area (Å²) in [6.45, 7) is 2.98. The molecule has 2 amide bonds. The van der Waals surface area contributed by atoms with Gasteiger partial charge in [0.15, 0.2) is 0 Å². The lowest BCUT2D eigenvalue weighted by Gasteiger charge is -2.30. The summed E-state index contributed by atoms with van der Waals surface area (Å²) in [4.78, 5) is 24.8. The van der Waals surface area contributed by atoms with Crippen molar-refractivity contribution in [3.8, 4) is 0 Å². The average molecular weight is 277 g/mol. The molecule has 108 valence electrons. The number of carboxylic acid groups (broad SMARTS) is 1. The van der Waals surface area contributed by atoms with E-state index < -0.39 is 5.97 Å². The number of likely N-dealkylation sites (tertiary alicyclic amines) is 1. The predicted molar refractivity (Wildman–Crippen MR) is 75.9 cm³/mol. The maximum atomic E-state index is 12.1. The zero-order chi connectivity index (χ0) is 14.7. The number of anilines is 1. The van der Waals surface area contributed by atoms with E-state index in [0.717, 1.165) is 12.8 Å². The smallest absolute Gasteiger partial charge is 0.336 e. The number of carbonyl (C=O) groups excluding carboxylic acids is 1. The second-order valence-electron chi connectivity index (χ2n) is 5.09. The minimum absolute atomic E-state index is 0.164. The maximum Gasteiger partial charge on any atom is 0.336 e. The molecule has 20 heavy (non-hydrogen) atoms. The molecule has 0 radical (unpaired) electrons. The van der Waals surface area contributed by atoms with Crippen LogP contribution in [0.25, 0.3) is 0 Å². The SMILES string of the molecule is Cc1ccc(NC(=O)N2CCC(N)CC2)cc1C(=O)O. The second kappa shape index (κ2) is 5.92. The first-order valence-electron chi connectivity index (χ1n) is 6.63. The summed E-state index contributed by atoms with van der Waals surface area (Å²) in [6.07, 6.45) is 1.59. The predicted octanol–water partition coefficient (Wildman–Crippen LogP) is 1.65. The average Bonchev–Trinajstić information content (AvgIpc) is 2.41. The Balaban J connectivity index is 2.04. The maximum absolute atomic E-state index is 12.1. The summed E-state index contributed by atoms with van der Waals surface area (Å²) < 4.78 is 0. The first-order valence-corrected chi connectivity index (χ1v) is 6.63. The first-order chi connectivity index (χ1) is 9.47. The summed E-state index contributed by atoms with van der Waals surface area (Å²) in [7, 11) is 0. The molecule has 1 saturated heterocycles. The third-order valence-electron chi connectivity index (χ3n) is 3.55. The van der Waals surface area contributed by atoms with E-state index >= 15 is 0 Å². The summed E-state index contributed by atoms with van der Waals surface area (Å²) >= 11 is 0. The molecule has 0 aliphatic carbocycles. The van der Waals surface area contributed by atoms with Crippen molar-refractivity contribution in [2.75, 3.05) is 18.4 Å². The number of carboxylic acids is 1. The monoisotopic (exact) mass is 277 g/mol. The van der Waals surface area contributed by atoms with Crippen LogP contribution < -0.4 is 11.1 Å². The third kappa shape index (κ3) is 3.27. The zero-order valence-electron chi connectivity index (χ0n) is 11.4. The highest BCUT2D eigenvalue weighted by Crippen LogP contribution is 2.17. The van der Waals surface area contributed by atoms with Gasteiger partial charge < -0.3 is 21.1 Å². The topological polar surface area (TPSA) is 95.7 Å². The van der Waals surface area contributed by atoms with Gasteiger partial charge in [0.25, 0.3) is 0 Å². The van der Waals surface area contributed by atoms with Crippen LogP contribution >= 0.6 is 0 Å².